The molecular weight excluding hydrogens is 699 g/mol. The smallest absolute Gasteiger partial charge is 0.445 e. The third kappa shape index (κ3) is 15.8. The first kappa shape index (κ1) is 41.9. The minimum absolute atomic E-state index is 0.0304. The van der Waals surface area contributed by atoms with E-state index in [1.807, 2.05) is 42.5 Å². The van der Waals surface area contributed by atoms with Crippen LogP contribution in [0.4, 0.5) is 16.2 Å². The molecule has 3 aromatic carbocycles. The Morgan fingerprint density at radius 1 is 0.827 bits per heavy atom. The number of rotatable bonds is 23. The van der Waals surface area contributed by atoms with Gasteiger partial charge in [-0.2, -0.15) is 0 Å². The van der Waals surface area contributed by atoms with Crippen molar-refractivity contribution < 1.29 is 33.0 Å². The Hall–Kier alpha value is -4.51. The molecule has 0 fully saturated rings. The van der Waals surface area contributed by atoms with Gasteiger partial charge in [0, 0.05) is 25.1 Å². The number of hydrogen-bond acceptors (Lipinski definition) is 7. The molecule has 0 aliphatic rings. The van der Waals surface area contributed by atoms with Crippen molar-refractivity contribution in [1.29, 1.82) is 0 Å². The summed E-state index contributed by atoms with van der Waals surface area (Å²) in [4.78, 5) is 52.2. The highest BCUT2D eigenvalue weighted by molar-refractivity contribution is 8.39. The molecule has 1 unspecified atom stereocenters. The van der Waals surface area contributed by atoms with E-state index in [1.165, 1.54) is 5.56 Å². The van der Waals surface area contributed by atoms with E-state index in [-0.39, 0.29) is 43.7 Å². The van der Waals surface area contributed by atoms with Crippen LogP contribution >= 0.6 is 19.5 Å². The Morgan fingerprint density at radius 2 is 1.52 bits per heavy atom. The maximum Gasteiger partial charge on any atom is 0.582 e. The minimum Gasteiger partial charge on any atom is -0.445 e. The van der Waals surface area contributed by atoms with Crippen LogP contribution in [0.5, 0.6) is 0 Å². The summed E-state index contributed by atoms with van der Waals surface area (Å²) in [5.41, 5.74) is 5.25. The van der Waals surface area contributed by atoms with Crippen molar-refractivity contribution in [2.75, 3.05) is 29.9 Å². The van der Waals surface area contributed by atoms with E-state index < -0.39 is 13.3 Å². The summed E-state index contributed by atoms with van der Waals surface area (Å²) in [6.07, 6.45) is 6.97. The zero-order valence-corrected chi connectivity index (χ0v) is 31.6. The summed E-state index contributed by atoms with van der Waals surface area (Å²) < 4.78 is 20.9. The second-order valence-electron chi connectivity index (χ2n) is 12.1. The number of alkyl carbamates (subject to hydrolysis) is 1. The first-order valence-corrected chi connectivity index (χ1v) is 20.0. The van der Waals surface area contributed by atoms with Crippen LogP contribution in [0.15, 0.2) is 79.4 Å². The molecule has 0 spiro atoms. The first-order chi connectivity index (χ1) is 25.2. The van der Waals surface area contributed by atoms with Gasteiger partial charge in [-0.25, -0.2) is 4.79 Å². The number of carbonyl (C=O) groups is 4. The third-order valence-corrected chi connectivity index (χ3v) is 8.97. The van der Waals surface area contributed by atoms with Gasteiger partial charge in [0.2, 0.25) is 17.7 Å². The fraction of sp³-hybridized carbons (Fsp3) is 0.385. The molecule has 0 aliphatic heterocycles. The van der Waals surface area contributed by atoms with E-state index >= 15 is 0 Å². The third-order valence-electron chi connectivity index (χ3n) is 8.22. The summed E-state index contributed by atoms with van der Waals surface area (Å²) in [7, 11) is -1.86. The highest BCUT2D eigenvalue weighted by atomic mass is 32.7. The van der Waals surface area contributed by atoms with Crippen LogP contribution in [0.25, 0.3) is 6.08 Å². The molecule has 3 aromatic rings. The molecule has 11 nitrogen and oxygen atoms in total. The van der Waals surface area contributed by atoms with E-state index in [2.05, 4.69) is 47.8 Å². The molecule has 13 heteroatoms. The van der Waals surface area contributed by atoms with Gasteiger partial charge >= 0.3 is 13.3 Å². The Balaban J connectivity index is 1.33. The summed E-state index contributed by atoms with van der Waals surface area (Å²) in [6, 6.07) is 22.7. The number of anilines is 2. The number of nitrogens with zero attached hydrogens (tertiary/aromatic N) is 1. The van der Waals surface area contributed by atoms with Gasteiger partial charge in [0.25, 0.3) is 0 Å². The second-order valence-corrected chi connectivity index (χ2v) is 13.8. The summed E-state index contributed by atoms with van der Waals surface area (Å²) >= 11 is 3.68. The van der Waals surface area contributed by atoms with Crippen molar-refractivity contribution >= 4 is 60.7 Å². The molecule has 3 N–H and O–H groups in total. The van der Waals surface area contributed by atoms with Crippen LogP contribution in [-0.4, -0.2) is 43.5 Å². The van der Waals surface area contributed by atoms with E-state index in [1.54, 1.807) is 35.2 Å². The average Bonchev–Trinajstić information content (AvgIpc) is 3.15. The van der Waals surface area contributed by atoms with E-state index in [0.29, 0.717) is 38.2 Å². The Morgan fingerprint density at radius 3 is 2.25 bits per heavy atom. The van der Waals surface area contributed by atoms with Gasteiger partial charge in [-0.3, -0.25) is 14.4 Å². The summed E-state index contributed by atoms with van der Waals surface area (Å²) in [5, 5.41) is 8.08. The summed E-state index contributed by atoms with van der Waals surface area (Å²) in [6.45, 7) is 7.25. The Bertz CT molecular complexity index is 1640. The lowest BCUT2D eigenvalue weighted by Gasteiger charge is -2.26. The standard InChI is InChI=1S/C39H49N4O7PS/c1-3-31-15-7-8-17-33(31)28-43(35-18-10-9-16-32(35)4-2)38(46)20-12-11-19-36(44)41-27-37(45)42-34-23-21-30(22-24-34)29-49-39(47)40-25-13-5-6-14-26-50-51(48)52/h4,7-10,15-18,21-24H,2-3,5-6,11-14,19-20,25-29H2,1H3,(H3-,40,41,42,44,45,47,48,52)/p+1. The van der Waals surface area contributed by atoms with Gasteiger partial charge in [-0.05, 0) is 77.1 Å². The van der Waals surface area contributed by atoms with Crippen LogP contribution in [-0.2, 0) is 47.8 Å². The zero-order valence-electron chi connectivity index (χ0n) is 29.8. The summed E-state index contributed by atoms with van der Waals surface area (Å²) in [5.74, 6) is -0.672. The Labute approximate surface area is 312 Å². The normalized spacial score (nSPS) is 10.9. The minimum atomic E-state index is -1.86. The van der Waals surface area contributed by atoms with Gasteiger partial charge in [-0.1, -0.05) is 87.0 Å². The molecule has 0 aromatic heterocycles. The average molecular weight is 750 g/mol. The van der Waals surface area contributed by atoms with E-state index in [0.717, 1.165) is 54.5 Å². The first-order valence-electron chi connectivity index (χ1n) is 17.6. The van der Waals surface area contributed by atoms with Gasteiger partial charge < -0.3 is 25.6 Å². The van der Waals surface area contributed by atoms with E-state index in [9.17, 15) is 23.7 Å². The van der Waals surface area contributed by atoms with Crippen LogP contribution < -0.4 is 20.9 Å². The number of benzene rings is 3. The molecule has 4 amide bonds. The zero-order chi connectivity index (χ0) is 37.6. The molecule has 0 bridgehead atoms. The van der Waals surface area contributed by atoms with Crippen LogP contribution in [0, 0.1) is 0 Å². The Kier molecular flexibility index (Phi) is 19.2. The SMILES string of the molecule is C=Cc1ccccc1N(Cc1ccccc1CC)C(=O)CCCCC(=O)NCC(=O)Nc1ccc(COC(=O)NCCCCCCO[P+](=O)S)cc1. The number of amides is 4. The molecule has 3 rings (SSSR count). The number of carbonyl (C=O) groups excluding carboxylic acids is 4. The van der Waals surface area contributed by atoms with E-state index in [4.69, 9.17) is 9.26 Å². The fourth-order valence-electron chi connectivity index (χ4n) is 5.41. The molecule has 0 aliphatic carbocycles. The molecular formula is C39H50N4O7PS+. The number of hydrogen-bond donors (Lipinski definition) is 4. The maximum atomic E-state index is 13.5. The van der Waals surface area contributed by atoms with Crippen molar-refractivity contribution in [3.05, 3.63) is 102 Å². The lowest BCUT2D eigenvalue weighted by molar-refractivity contribution is -0.124. The number of thiol groups is 1. The van der Waals surface area contributed by atoms with Gasteiger partial charge in [0.05, 0.1) is 18.8 Å². The number of unbranched alkanes of at least 4 members (excludes halogenated alkanes) is 4. The van der Waals surface area contributed by atoms with Crippen LogP contribution in [0.1, 0.15) is 80.5 Å². The topological polar surface area (TPSA) is 143 Å². The van der Waals surface area contributed by atoms with Crippen molar-refractivity contribution in [2.24, 2.45) is 0 Å². The molecule has 52 heavy (non-hydrogen) atoms. The van der Waals surface area contributed by atoms with Crippen molar-refractivity contribution in [1.82, 2.24) is 10.6 Å². The highest BCUT2D eigenvalue weighted by Crippen LogP contribution is 2.27. The van der Waals surface area contributed by atoms with Gasteiger partial charge in [0.15, 0.2) is 0 Å². The van der Waals surface area contributed by atoms with Crippen molar-refractivity contribution in [3.8, 4) is 0 Å². The predicted octanol–water partition coefficient (Wildman–Crippen LogP) is 8.13. The molecule has 0 heterocycles. The highest BCUT2D eigenvalue weighted by Gasteiger charge is 2.19. The molecule has 278 valence electrons. The molecule has 0 saturated heterocycles. The van der Waals surface area contributed by atoms with Crippen LogP contribution in [0.2, 0.25) is 0 Å². The lowest BCUT2D eigenvalue weighted by atomic mass is 10.0. The lowest BCUT2D eigenvalue weighted by Crippen LogP contribution is -2.33. The quantitative estimate of drug-likeness (QED) is 0.0436. The van der Waals surface area contributed by atoms with Crippen molar-refractivity contribution in [2.45, 2.75) is 77.9 Å². The van der Waals surface area contributed by atoms with Gasteiger partial charge in [-0.15, -0.1) is 4.52 Å². The number of aryl methyl sites for hydroxylation is 1. The van der Waals surface area contributed by atoms with Crippen LogP contribution in [0.3, 0.4) is 0 Å². The number of para-hydroxylation sites is 1. The second kappa shape index (κ2) is 23.9. The largest absolute Gasteiger partial charge is 0.582 e. The molecule has 0 saturated carbocycles. The van der Waals surface area contributed by atoms with Crippen molar-refractivity contribution in [3.63, 3.8) is 0 Å². The predicted molar refractivity (Wildman–Crippen MR) is 209 cm³/mol. The number of ether oxygens (including phenoxy) is 1. The maximum absolute atomic E-state index is 13.5. The number of nitrogens with one attached hydrogen (secondary N) is 3. The fourth-order valence-corrected chi connectivity index (χ4v) is 5.94. The van der Waals surface area contributed by atoms with Gasteiger partial charge in [0.1, 0.15) is 25.5 Å². The molecule has 0 radical (unpaired) electrons. The molecule has 1 atom stereocenters. The monoisotopic (exact) mass is 749 g/mol.